The van der Waals surface area contributed by atoms with E-state index in [1.165, 1.54) is 14.2 Å². The summed E-state index contributed by atoms with van der Waals surface area (Å²) in [7, 11) is 3.02. The second-order valence-corrected chi connectivity index (χ2v) is 7.00. The van der Waals surface area contributed by atoms with Crippen molar-refractivity contribution in [1.29, 1.82) is 0 Å². The standard InChI is InChI=1S/C23H19ClN2O4/c1-28-19-13-20(29-2)18(12-16(19)24)26-23(27)15-8-9-17-21(11-15)30-22(25-17)10-14-6-4-3-5-7-14/h3-9,11-13H,10H2,1-2H3,(H,26,27). The lowest BCUT2D eigenvalue weighted by Crippen LogP contribution is -2.12. The van der Waals surface area contributed by atoms with Gasteiger partial charge in [0.1, 0.15) is 17.0 Å². The van der Waals surface area contributed by atoms with Crippen molar-refractivity contribution >= 4 is 34.3 Å². The van der Waals surface area contributed by atoms with Crippen LogP contribution in [0, 0.1) is 0 Å². The van der Waals surface area contributed by atoms with Gasteiger partial charge < -0.3 is 19.2 Å². The topological polar surface area (TPSA) is 73.6 Å². The van der Waals surface area contributed by atoms with Crippen molar-refractivity contribution in [3.8, 4) is 11.5 Å². The highest BCUT2D eigenvalue weighted by atomic mass is 35.5. The second kappa shape index (κ2) is 8.47. The molecule has 0 unspecified atom stereocenters. The Labute approximate surface area is 178 Å². The molecule has 0 aliphatic rings. The third kappa shape index (κ3) is 4.09. The van der Waals surface area contributed by atoms with Crippen LogP contribution in [0.3, 0.4) is 0 Å². The van der Waals surface area contributed by atoms with E-state index in [0.717, 1.165) is 5.56 Å². The number of halogens is 1. The van der Waals surface area contributed by atoms with Gasteiger partial charge in [0.15, 0.2) is 11.5 Å². The Hall–Kier alpha value is -3.51. The van der Waals surface area contributed by atoms with Gasteiger partial charge in [-0.3, -0.25) is 4.79 Å². The lowest BCUT2D eigenvalue weighted by molar-refractivity contribution is 0.102. The summed E-state index contributed by atoms with van der Waals surface area (Å²) < 4.78 is 16.4. The molecule has 0 spiro atoms. The van der Waals surface area contributed by atoms with E-state index in [9.17, 15) is 4.79 Å². The summed E-state index contributed by atoms with van der Waals surface area (Å²) in [6, 6.07) is 18.3. The van der Waals surface area contributed by atoms with Crippen molar-refractivity contribution in [2.24, 2.45) is 0 Å². The number of anilines is 1. The molecule has 1 amide bonds. The van der Waals surface area contributed by atoms with Crippen LogP contribution in [0.4, 0.5) is 5.69 Å². The lowest BCUT2D eigenvalue weighted by atomic mass is 10.1. The quantitative estimate of drug-likeness (QED) is 0.454. The van der Waals surface area contributed by atoms with E-state index in [2.05, 4.69) is 10.3 Å². The molecule has 0 aliphatic heterocycles. The first kappa shape index (κ1) is 19.8. The van der Waals surface area contributed by atoms with Gasteiger partial charge in [0.25, 0.3) is 5.91 Å². The van der Waals surface area contributed by atoms with Crippen LogP contribution in [0.15, 0.2) is 65.1 Å². The smallest absolute Gasteiger partial charge is 0.255 e. The molecule has 30 heavy (non-hydrogen) atoms. The number of nitrogens with one attached hydrogen (secondary N) is 1. The number of methoxy groups -OCH3 is 2. The minimum Gasteiger partial charge on any atom is -0.495 e. The van der Waals surface area contributed by atoms with Crippen LogP contribution >= 0.6 is 11.6 Å². The molecule has 7 heteroatoms. The van der Waals surface area contributed by atoms with Gasteiger partial charge in [-0.25, -0.2) is 4.98 Å². The van der Waals surface area contributed by atoms with Gasteiger partial charge >= 0.3 is 0 Å². The molecule has 1 heterocycles. The summed E-state index contributed by atoms with van der Waals surface area (Å²) in [6.07, 6.45) is 0.582. The molecular weight excluding hydrogens is 404 g/mol. The van der Waals surface area contributed by atoms with Crippen LogP contribution in [0.2, 0.25) is 5.02 Å². The number of rotatable bonds is 6. The van der Waals surface area contributed by atoms with E-state index < -0.39 is 0 Å². The van der Waals surface area contributed by atoms with Crippen molar-refractivity contribution in [3.63, 3.8) is 0 Å². The fraction of sp³-hybridized carbons (Fsp3) is 0.130. The summed E-state index contributed by atoms with van der Waals surface area (Å²) >= 11 is 6.18. The van der Waals surface area contributed by atoms with Crippen molar-refractivity contribution in [3.05, 3.63) is 82.7 Å². The summed E-state index contributed by atoms with van der Waals surface area (Å²) in [6.45, 7) is 0. The molecule has 6 nitrogen and oxygen atoms in total. The SMILES string of the molecule is COc1cc(OC)c(NC(=O)c2ccc3nc(Cc4ccccc4)oc3c2)cc1Cl. The van der Waals surface area contributed by atoms with Crippen LogP contribution in [-0.2, 0) is 6.42 Å². The van der Waals surface area contributed by atoms with E-state index in [1.807, 2.05) is 30.3 Å². The molecule has 152 valence electrons. The number of amides is 1. The highest BCUT2D eigenvalue weighted by Gasteiger charge is 2.15. The fourth-order valence-corrected chi connectivity index (χ4v) is 3.35. The van der Waals surface area contributed by atoms with E-state index >= 15 is 0 Å². The minimum absolute atomic E-state index is 0.322. The van der Waals surface area contributed by atoms with Gasteiger partial charge in [0.05, 0.1) is 24.9 Å². The third-order valence-corrected chi connectivity index (χ3v) is 4.91. The molecule has 0 radical (unpaired) electrons. The van der Waals surface area contributed by atoms with Gasteiger partial charge in [-0.05, 0) is 29.8 Å². The zero-order chi connectivity index (χ0) is 21.1. The molecule has 1 N–H and O–H groups in total. The Bertz CT molecular complexity index is 1200. The van der Waals surface area contributed by atoms with Crippen LogP contribution in [0.5, 0.6) is 11.5 Å². The Morgan fingerprint density at radius 3 is 2.53 bits per heavy atom. The molecule has 0 atom stereocenters. The molecule has 4 aromatic rings. The molecule has 0 saturated heterocycles. The fourth-order valence-electron chi connectivity index (χ4n) is 3.11. The molecule has 3 aromatic carbocycles. The monoisotopic (exact) mass is 422 g/mol. The summed E-state index contributed by atoms with van der Waals surface area (Å²) in [5.41, 5.74) is 3.22. The minimum atomic E-state index is -0.322. The first-order valence-corrected chi connectivity index (χ1v) is 9.61. The normalized spacial score (nSPS) is 10.8. The Morgan fingerprint density at radius 1 is 1.03 bits per heavy atom. The van der Waals surface area contributed by atoms with Gasteiger partial charge in [-0.2, -0.15) is 0 Å². The predicted molar refractivity (Wildman–Crippen MR) is 116 cm³/mol. The second-order valence-electron chi connectivity index (χ2n) is 6.59. The van der Waals surface area contributed by atoms with Crippen molar-refractivity contribution in [1.82, 2.24) is 4.98 Å². The number of benzene rings is 3. The van der Waals surface area contributed by atoms with Crippen LogP contribution in [0.25, 0.3) is 11.1 Å². The van der Waals surface area contributed by atoms with E-state index in [-0.39, 0.29) is 5.91 Å². The molecular formula is C23H19ClN2O4. The Kier molecular flexibility index (Phi) is 5.59. The maximum Gasteiger partial charge on any atom is 0.255 e. The number of fused-ring (bicyclic) bond motifs is 1. The molecule has 1 aromatic heterocycles. The highest BCUT2D eigenvalue weighted by molar-refractivity contribution is 6.32. The number of ether oxygens (including phenoxy) is 2. The van der Waals surface area contributed by atoms with Crippen LogP contribution in [0.1, 0.15) is 21.8 Å². The lowest BCUT2D eigenvalue weighted by Gasteiger charge is -2.13. The number of nitrogens with zero attached hydrogens (tertiary/aromatic N) is 1. The number of carbonyl (C=O) groups excluding carboxylic acids is 1. The van der Waals surface area contributed by atoms with Crippen molar-refractivity contribution in [2.45, 2.75) is 6.42 Å². The first-order valence-electron chi connectivity index (χ1n) is 9.23. The molecule has 0 bridgehead atoms. The van der Waals surface area contributed by atoms with Crippen LogP contribution < -0.4 is 14.8 Å². The summed E-state index contributed by atoms with van der Waals surface area (Å²) in [5.74, 6) is 1.17. The number of hydrogen-bond donors (Lipinski definition) is 1. The zero-order valence-electron chi connectivity index (χ0n) is 16.4. The summed E-state index contributed by atoms with van der Waals surface area (Å²) in [4.78, 5) is 17.3. The molecule has 0 saturated carbocycles. The first-order chi connectivity index (χ1) is 14.6. The predicted octanol–water partition coefficient (Wildman–Crippen LogP) is 5.34. The number of oxazole rings is 1. The number of hydrogen-bond acceptors (Lipinski definition) is 5. The number of aromatic nitrogens is 1. The van der Waals surface area contributed by atoms with Gasteiger partial charge in [-0.15, -0.1) is 0 Å². The Morgan fingerprint density at radius 2 is 1.80 bits per heavy atom. The summed E-state index contributed by atoms with van der Waals surface area (Å²) in [5, 5.41) is 3.18. The van der Waals surface area contributed by atoms with Crippen molar-refractivity contribution in [2.75, 3.05) is 19.5 Å². The maximum atomic E-state index is 12.8. The van der Waals surface area contributed by atoms with E-state index in [4.69, 9.17) is 25.5 Å². The van der Waals surface area contributed by atoms with Crippen molar-refractivity contribution < 1.29 is 18.7 Å². The third-order valence-electron chi connectivity index (χ3n) is 4.62. The molecule has 0 fully saturated rings. The Balaban J connectivity index is 1.57. The molecule has 4 rings (SSSR count). The zero-order valence-corrected chi connectivity index (χ0v) is 17.2. The van der Waals surface area contributed by atoms with Crippen LogP contribution in [-0.4, -0.2) is 25.1 Å². The number of carbonyl (C=O) groups is 1. The average molecular weight is 423 g/mol. The van der Waals surface area contributed by atoms with Gasteiger partial charge in [-0.1, -0.05) is 41.9 Å². The van der Waals surface area contributed by atoms with Gasteiger partial charge in [0.2, 0.25) is 0 Å². The average Bonchev–Trinajstić information content (AvgIpc) is 3.16. The van der Waals surface area contributed by atoms with Gasteiger partial charge in [0, 0.05) is 18.1 Å². The van der Waals surface area contributed by atoms with E-state index in [0.29, 0.717) is 51.2 Å². The highest BCUT2D eigenvalue weighted by Crippen LogP contribution is 2.36. The largest absolute Gasteiger partial charge is 0.495 e. The molecule has 0 aliphatic carbocycles. The van der Waals surface area contributed by atoms with E-state index in [1.54, 1.807) is 30.3 Å². The maximum absolute atomic E-state index is 12.8.